The first-order valence-electron chi connectivity index (χ1n) is 7.73. The number of carbonyl (C=O) groups excluding carboxylic acids is 1. The van der Waals surface area contributed by atoms with E-state index < -0.39 is 10.0 Å². The summed E-state index contributed by atoms with van der Waals surface area (Å²) in [5.41, 5.74) is 0.572. The topological polar surface area (TPSA) is 83.3 Å². The van der Waals surface area contributed by atoms with Crippen LogP contribution in [0.25, 0.3) is 0 Å². The summed E-state index contributed by atoms with van der Waals surface area (Å²) in [5.74, 6) is 0.409. The Morgan fingerprint density at radius 3 is 2.74 bits per heavy atom. The quantitative estimate of drug-likeness (QED) is 0.702. The lowest BCUT2D eigenvalue weighted by Gasteiger charge is -2.30. The second-order valence-corrected chi connectivity index (χ2v) is 7.57. The van der Waals surface area contributed by atoms with E-state index in [1.807, 2.05) is 4.90 Å². The molecule has 2 aliphatic heterocycles. The van der Waals surface area contributed by atoms with E-state index in [0.29, 0.717) is 17.8 Å². The number of amidine groups is 1. The highest BCUT2D eigenvalue weighted by atomic mass is 32.2. The Hall–Kier alpha value is -1.93. The van der Waals surface area contributed by atoms with Gasteiger partial charge in [-0.15, -0.1) is 0 Å². The fourth-order valence-corrected chi connectivity index (χ4v) is 4.06. The number of nitrogens with one attached hydrogen (secondary N) is 2. The molecule has 1 amide bonds. The molecule has 7 nitrogen and oxygen atoms in total. The van der Waals surface area contributed by atoms with Gasteiger partial charge in [0.25, 0.3) is 10.0 Å². The van der Waals surface area contributed by atoms with Crippen molar-refractivity contribution < 1.29 is 18.1 Å². The minimum atomic E-state index is -3.51. The molecule has 2 aliphatic rings. The molecule has 1 aromatic rings. The maximum Gasteiger partial charge on any atom is 0.263 e. The van der Waals surface area contributed by atoms with E-state index in [2.05, 4.69) is 16.8 Å². The van der Waals surface area contributed by atoms with E-state index in [1.54, 1.807) is 24.3 Å². The molecule has 1 fully saturated rings. The predicted octanol–water partition coefficient (Wildman–Crippen LogP) is -1.53. The summed E-state index contributed by atoms with van der Waals surface area (Å²) in [7, 11) is -1.39. The third kappa shape index (κ3) is 3.37. The summed E-state index contributed by atoms with van der Waals surface area (Å²) in [6, 6.07) is 6.73. The zero-order valence-corrected chi connectivity index (χ0v) is 13.9. The summed E-state index contributed by atoms with van der Waals surface area (Å²) >= 11 is 0. The lowest BCUT2D eigenvalue weighted by atomic mass is 10.2. The van der Waals surface area contributed by atoms with E-state index in [1.165, 1.54) is 4.90 Å². The molecule has 2 heterocycles. The highest BCUT2D eigenvalue weighted by molar-refractivity contribution is 7.90. The fraction of sp³-hybridized carbons (Fsp3) is 0.467. The molecule has 0 atom stereocenters. The van der Waals surface area contributed by atoms with Gasteiger partial charge in [-0.1, -0.05) is 12.1 Å². The van der Waals surface area contributed by atoms with Gasteiger partial charge in [0.1, 0.15) is 5.84 Å². The average Bonchev–Trinajstić information content (AvgIpc) is 2.79. The van der Waals surface area contributed by atoms with Crippen LogP contribution in [0, 0.1) is 0 Å². The van der Waals surface area contributed by atoms with Crippen molar-refractivity contribution in [2.24, 2.45) is 4.99 Å². The Kier molecular flexibility index (Phi) is 4.36. The number of benzene rings is 1. The molecule has 3 rings (SSSR count). The van der Waals surface area contributed by atoms with Crippen molar-refractivity contribution in [1.29, 1.82) is 0 Å². The monoisotopic (exact) mass is 337 g/mol. The van der Waals surface area contributed by atoms with Crippen molar-refractivity contribution in [2.45, 2.75) is 11.3 Å². The minimum absolute atomic E-state index is 0.0796. The third-order valence-corrected chi connectivity index (χ3v) is 5.63. The number of rotatable bonds is 3. The van der Waals surface area contributed by atoms with E-state index >= 15 is 0 Å². The molecule has 8 heteroatoms. The number of quaternary nitrogens is 1. The van der Waals surface area contributed by atoms with Crippen LogP contribution in [-0.4, -0.2) is 64.8 Å². The fourth-order valence-electron chi connectivity index (χ4n) is 2.81. The number of likely N-dealkylation sites (N-methyl/N-ethyl adjacent to an activating group) is 1. The largest absolute Gasteiger partial charge is 0.334 e. The normalized spacial score (nSPS) is 22.0. The molecule has 0 aromatic heterocycles. The lowest BCUT2D eigenvalue weighted by Crippen LogP contribution is -3.12. The third-order valence-electron chi connectivity index (χ3n) is 4.23. The van der Waals surface area contributed by atoms with Crippen LogP contribution in [-0.2, 0) is 14.8 Å². The van der Waals surface area contributed by atoms with Crippen LogP contribution in [0.1, 0.15) is 12.0 Å². The van der Waals surface area contributed by atoms with Crippen LogP contribution in [0.15, 0.2) is 34.2 Å². The molecule has 1 aromatic carbocycles. The number of amides is 1. The molecule has 0 spiro atoms. The Morgan fingerprint density at radius 1 is 1.30 bits per heavy atom. The first kappa shape index (κ1) is 15.9. The van der Waals surface area contributed by atoms with Crippen LogP contribution >= 0.6 is 0 Å². The number of nitrogens with zero attached hydrogens (tertiary/aromatic N) is 2. The molecule has 0 aliphatic carbocycles. The molecule has 1 saturated heterocycles. The molecule has 0 bridgehead atoms. The number of sulfonamides is 1. The van der Waals surface area contributed by atoms with Crippen LogP contribution < -0.4 is 9.62 Å². The van der Waals surface area contributed by atoms with Crippen molar-refractivity contribution in [3.05, 3.63) is 29.8 Å². The molecule has 0 radical (unpaired) electrons. The number of piperazine rings is 1. The summed E-state index contributed by atoms with van der Waals surface area (Å²) in [5, 5.41) is 0. The summed E-state index contributed by atoms with van der Waals surface area (Å²) < 4.78 is 26.4. The number of carbonyl (C=O) groups is 1. The minimum Gasteiger partial charge on any atom is -0.334 e. The first-order valence-corrected chi connectivity index (χ1v) is 9.21. The van der Waals surface area contributed by atoms with Crippen molar-refractivity contribution in [3.8, 4) is 0 Å². The van der Waals surface area contributed by atoms with Crippen LogP contribution in [0.3, 0.4) is 0 Å². The zero-order chi connectivity index (χ0) is 16.4. The molecule has 2 N–H and O–H groups in total. The van der Waals surface area contributed by atoms with Gasteiger partial charge in [0.05, 0.1) is 44.7 Å². The van der Waals surface area contributed by atoms with Gasteiger partial charge < -0.3 is 9.80 Å². The lowest BCUT2D eigenvalue weighted by molar-refractivity contribution is -0.883. The van der Waals surface area contributed by atoms with E-state index in [-0.39, 0.29) is 17.3 Å². The molecular formula is C15H21N4O3S+. The van der Waals surface area contributed by atoms with E-state index in [0.717, 1.165) is 26.2 Å². The van der Waals surface area contributed by atoms with Crippen molar-refractivity contribution in [3.63, 3.8) is 0 Å². The molecule has 23 heavy (non-hydrogen) atoms. The van der Waals surface area contributed by atoms with Crippen molar-refractivity contribution >= 4 is 21.8 Å². The van der Waals surface area contributed by atoms with Crippen LogP contribution in [0.4, 0.5) is 0 Å². The van der Waals surface area contributed by atoms with Gasteiger partial charge in [-0.3, -0.25) is 14.5 Å². The first-order chi connectivity index (χ1) is 11.0. The summed E-state index contributed by atoms with van der Waals surface area (Å²) in [6.45, 7) is 3.76. The zero-order valence-electron chi connectivity index (χ0n) is 13.1. The number of hydrogen-bond acceptors (Lipinski definition) is 4. The molecule has 0 saturated carbocycles. The van der Waals surface area contributed by atoms with Gasteiger partial charge in [0.15, 0.2) is 0 Å². The Balaban J connectivity index is 1.62. The maximum absolute atomic E-state index is 12.2. The number of fused-ring (bicyclic) bond motifs is 1. The van der Waals surface area contributed by atoms with Gasteiger partial charge in [0.2, 0.25) is 5.91 Å². The van der Waals surface area contributed by atoms with Crippen LogP contribution in [0.2, 0.25) is 0 Å². The van der Waals surface area contributed by atoms with Crippen molar-refractivity contribution in [1.82, 2.24) is 9.62 Å². The molecule has 0 unspecified atom stereocenters. The second kappa shape index (κ2) is 6.29. The second-order valence-electron chi connectivity index (χ2n) is 5.92. The van der Waals surface area contributed by atoms with Gasteiger partial charge >= 0.3 is 0 Å². The molecule has 124 valence electrons. The van der Waals surface area contributed by atoms with Gasteiger partial charge in [-0.2, -0.15) is 0 Å². The number of aliphatic imine (C=N–C) groups is 1. The van der Waals surface area contributed by atoms with Crippen LogP contribution in [0.5, 0.6) is 0 Å². The SMILES string of the molecule is C[NH+]1CCN(C(=O)CCN=C2NS(=O)(=O)c3ccccc32)CC1. The Labute approximate surface area is 136 Å². The number of hydrogen-bond donors (Lipinski definition) is 2. The highest BCUT2D eigenvalue weighted by Gasteiger charge is 2.30. The standard InChI is InChI=1S/C15H20N4O3S/c1-18-8-10-19(11-9-18)14(20)6-7-16-15-12-4-2-3-5-13(12)23(21,22)17-15/h2-5H,6-11H2,1H3,(H,16,17)/p+1. The predicted molar refractivity (Wildman–Crippen MR) is 86.0 cm³/mol. The smallest absolute Gasteiger partial charge is 0.263 e. The summed E-state index contributed by atoms with van der Waals surface area (Å²) in [4.78, 5) is 20.0. The summed E-state index contributed by atoms with van der Waals surface area (Å²) in [6.07, 6.45) is 0.298. The van der Waals surface area contributed by atoms with Gasteiger partial charge in [-0.05, 0) is 12.1 Å². The van der Waals surface area contributed by atoms with Crippen molar-refractivity contribution in [2.75, 3.05) is 39.8 Å². The molecular weight excluding hydrogens is 316 g/mol. The highest BCUT2D eigenvalue weighted by Crippen LogP contribution is 2.22. The van der Waals surface area contributed by atoms with E-state index in [4.69, 9.17) is 0 Å². The van der Waals surface area contributed by atoms with Gasteiger partial charge in [-0.25, -0.2) is 8.42 Å². The Bertz CT molecular complexity index is 737. The van der Waals surface area contributed by atoms with Gasteiger partial charge in [0, 0.05) is 12.0 Å². The maximum atomic E-state index is 12.2. The van der Waals surface area contributed by atoms with E-state index in [9.17, 15) is 13.2 Å². The Morgan fingerprint density at radius 2 is 2.00 bits per heavy atom. The average molecular weight is 337 g/mol.